The standard InChI is InChI=1S/C16H22N2O4/c1-11-5-3-4-6-13(11)18-14(19)10-22-16(20)12-7-8-15(21-2)17-9-12/h7-9,11,13H,3-6,10H2,1-2H3,(H,18,19)/t11-,13+/m1/s1. The van der Waals surface area contributed by atoms with E-state index in [0.29, 0.717) is 17.4 Å². The zero-order valence-corrected chi connectivity index (χ0v) is 13.0. The summed E-state index contributed by atoms with van der Waals surface area (Å²) in [7, 11) is 1.50. The van der Waals surface area contributed by atoms with Gasteiger partial charge in [0.25, 0.3) is 5.91 Å². The van der Waals surface area contributed by atoms with Crippen molar-refractivity contribution < 1.29 is 19.1 Å². The molecule has 0 aliphatic heterocycles. The maximum Gasteiger partial charge on any atom is 0.340 e. The minimum atomic E-state index is -0.568. The van der Waals surface area contributed by atoms with Gasteiger partial charge in [0.1, 0.15) is 0 Å². The van der Waals surface area contributed by atoms with Gasteiger partial charge in [0.2, 0.25) is 5.88 Å². The third-order valence-corrected chi connectivity index (χ3v) is 3.97. The zero-order chi connectivity index (χ0) is 15.9. The molecule has 1 aliphatic carbocycles. The Kier molecular flexibility index (Phi) is 5.75. The quantitative estimate of drug-likeness (QED) is 0.841. The van der Waals surface area contributed by atoms with Gasteiger partial charge in [0.05, 0.1) is 12.7 Å². The van der Waals surface area contributed by atoms with E-state index in [1.807, 2.05) is 0 Å². The van der Waals surface area contributed by atoms with E-state index in [4.69, 9.17) is 9.47 Å². The molecule has 1 N–H and O–H groups in total. The smallest absolute Gasteiger partial charge is 0.340 e. The lowest BCUT2D eigenvalue weighted by Crippen LogP contribution is -2.42. The molecule has 1 amide bonds. The minimum absolute atomic E-state index is 0.183. The van der Waals surface area contributed by atoms with Gasteiger partial charge in [0.15, 0.2) is 6.61 Å². The second-order valence-electron chi connectivity index (χ2n) is 5.60. The Morgan fingerprint density at radius 3 is 2.73 bits per heavy atom. The first-order valence-electron chi connectivity index (χ1n) is 7.56. The number of nitrogens with one attached hydrogen (secondary N) is 1. The first kappa shape index (κ1) is 16.3. The van der Waals surface area contributed by atoms with Crippen molar-refractivity contribution in [3.63, 3.8) is 0 Å². The zero-order valence-electron chi connectivity index (χ0n) is 13.0. The number of nitrogens with zero attached hydrogens (tertiary/aromatic N) is 1. The second-order valence-corrected chi connectivity index (χ2v) is 5.60. The molecule has 1 saturated carbocycles. The van der Waals surface area contributed by atoms with Gasteiger partial charge in [-0.3, -0.25) is 4.79 Å². The predicted molar refractivity (Wildman–Crippen MR) is 80.6 cm³/mol. The van der Waals surface area contributed by atoms with Crippen LogP contribution in [0.5, 0.6) is 5.88 Å². The third kappa shape index (κ3) is 4.44. The number of hydrogen-bond acceptors (Lipinski definition) is 5. The van der Waals surface area contributed by atoms with Crippen molar-refractivity contribution in [2.24, 2.45) is 5.92 Å². The van der Waals surface area contributed by atoms with Gasteiger partial charge in [-0.1, -0.05) is 19.8 Å². The second kappa shape index (κ2) is 7.77. The highest BCUT2D eigenvalue weighted by Crippen LogP contribution is 2.23. The van der Waals surface area contributed by atoms with Crippen LogP contribution in [0.2, 0.25) is 0 Å². The molecule has 2 rings (SSSR count). The van der Waals surface area contributed by atoms with Crippen LogP contribution in [0, 0.1) is 5.92 Å². The summed E-state index contributed by atoms with van der Waals surface area (Å²) in [5.41, 5.74) is 0.291. The van der Waals surface area contributed by atoms with E-state index < -0.39 is 5.97 Å². The topological polar surface area (TPSA) is 77.5 Å². The van der Waals surface area contributed by atoms with Crippen LogP contribution in [-0.2, 0) is 9.53 Å². The number of esters is 1. The van der Waals surface area contributed by atoms with Gasteiger partial charge in [-0.25, -0.2) is 9.78 Å². The molecule has 0 radical (unpaired) electrons. The molecule has 22 heavy (non-hydrogen) atoms. The van der Waals surface area contributed by atoms with Crippen LogP contribution in [-0.4, -0.2) is 36.6 Å². The van der Waals surface area contributed by atoms with E-state index in [1.54, 1.807) is 12.1 Å². The first-order chi connectivity index (χ1) is 10.6. The van der Waals surface area contributed by atoms with Gasteiger partial charge in [-0.05, 0) is 24.8 Å². The molecule has 1 heterocycles. The third-order valence-electron chi connectivity index (χ3n) is 3.97. The summed E-state index contributed by atoms with van der Waals surface area (Å²) in [5.74, 6) is 0.0651. The Morgan fingerprint density at radius 1 is 1.32 bits per heavy atom. The Hall–Kier alpha value is -2.11. The van der Waals surface area contributed by atoms with Crippen LogP contribution in [0.3, 0.4) is 0 Å². The molecule has 6 heteroatoms. The monoisotopic (exact) mass is 306 g/mol. The van der Waals surface area contributed by atoms with Crippen molar-refractivity contribution in [3.05, 3.63) is 23.9 Å². The molecule has 1 aromatic heterocycles. The summed E-state index contributed by atoms with van der Waals surface area (Å²) in [6.45, 7) is 1.87. The number of aromatic nitrogens is 1. The van der Waals surface area contributed by atoms with Crippen LogP contribution < -0.4 is 10.1 Å². The summed E-state index contributed by atoms with van der Waals surface area (Å²) in [5, 5.41) is 2.94. The summed E-state index contributed by atoms with van der Waals surface area (Å²) in [6, 6.07) is 3.30. The maximum absolute atomic E-state index is 11.9. The molecule has 1 aromatic rings. The molecule has 120 valence electrons. The molecule has 0 spiro atoms. The lowest BCUT2D eigenvalue weighted by atomic mass is 9.86. The number of pyridine rings is 1. The summed E-state index contributed by atoms with van der Waals surface area (Å²) >= 11 is 0. The van der Waals surface area contributed by atoms with Gasteiger partial charge >= 0.3 is 5.97 Å². The summed E-state index contributed by atoms with van der Waals surface area (Å²) < 4.78 is 9.92. The fraction of sp³-hybridized carbons (Fsp3) is 0.562. The Balaban J connectivity index is 1.78. The van der Waals surface area contributed by atoms with Crippen LogP contribution in [0.25, 0.3) is 0 Å². The molecule has 0 aromatic carbocycles. The molecular weight excluding hydrogens is 284 g/mol. The predicted octanol–water partition coefficient (Wildman–Crippen LogP) is 1.94. The van der Waals surface area contributed by atoms with E-state index >= 15 is 0 Å². The van der Waals surface area contributed by atoms with Gasteiger partial charge in [-0.15, -0.1) is 0 Å². The number of hydrogen-bond donors (Lipinski definition) is 1. The summed E-state index contributed by atoms with van der Waals surface area (Å²) in [4.78, 5) is 27.6. The SMILES string of the molecule is COc1ccc(C(=O)OCC(=O)N[C@H]2CCCC[C@H]2C)cn1. The normalized spacial score (nSPS) is 21.0. The fourth-order valence-electron chi connectivity index (χ4n) is 2.62. The average Bonchev–Trinajstić information content (AvgIpc) is 2.55. The molecule has 2 atom stereocenters. The van der Waals surface area contributed by atoms with Crippen molar-refractivity contribution in [1.82, 2.24) is 10.3 Å². The van der Waals surface area contributed by atoms with Crippen LogP contribution in [0.4, 0.5) is 0 Å². The molecule has 0 bridgehead atoms. The average molecular weight is 306 g/mol. The molecular formula is C16H22N2O4. The van der Waals surface area contributed by atoms with Gasteiger partial charge in [-0.2, -0.15) is 0 Å². The Morgan fingerprint density at radius 2 is 2.09 bits per heavy atom. The molecule has 1 aliphatic rings. The van der Waals surface area contributed by atoms with Crippen LogP contribution in [0.1, 0.15) is 43.0 Å². The number of ether oxygens (including phenoxy) is 2. The van der Waals surface area contributed by atoms with E-state index in [9.17, 15) is 9.59 Å². The van der Waals surface area contributed by atoms with Crippen LogP contribution >= 0.6 is 0 Å². The lowest BCUT2D eigenvalue weighted by Gasteiger charge is -2.29. The maximum atomic E-state index is 11.9. The van der Waals surface area contributed by atoms with E-state index in [2.05, 4.69) is 17.2 Å². The Labute approximate surface area is 130 Å². The highest BCUT2D eigenvalue weighted by atomic mass is 16.5. The molecule has 1 fully saturated rings. The van der Waals surface area contributed by atoms with Gasteiger partial charge in [0, 0.05) is 18.3 Å². The van der Waals surface area contributed by atoms with E-state index in [-0.39, 0.29) is 18.6 Å². The van der Waals surface area contributed by atoms with E-state index in [0.717, 1.165) is 19.3 Å². The van der Waals surface area contributed by atoms with Crippen molar-refractivity contribution in [1.29, 1.82) is 0 Å². The number of amides is 1. The minimum Gasteiger partial charge on any atom is -0.481 e. The number of rotatable bonds is 5. The summed E-state index contributed by atoms with van der Waals surface area (Å²) in [6.07, 6.45) is 5.83. The molecule has 6 nitrogen and oxygen atoms in total. The number of carbonyl (C=O) groups is 2. The number of methoxy groups -OCH3 is 1. The highest BCUT2D eigenvalue weighted by molar-refractivity contribution is 5.91. The van der Waals surface area contributed by atoms with E-state index in [1.165, 1.54) is 19.7 Å². The van der Waals surface area contributed by atoms with Crippen molar-refractivity contribution in [2.45, 2.75) is 38.6 Å². The molecule has 0 unspecified atom stereocenters. The fourth-order valence-corrected chi connectivity index (χ4v) is 2.62. The highest BCUT2D eigenvalue weighted by Gasteiger charge is 2.23. The van der Waals surface area contributed by atoms with Gasteiger partial charge < -0.3 is 14.8 Å². The lowest BCUT2D eigenvalue weighted by molar-refractivity contribution is -0.125. The first-order valence-corrected chi connectivity index (χ1v) is 7.56. The molecule has 0 saturated heterocycles. The van der Waals surface area contributed by atoms with Crippen molar-refractivity contribution in [3.8, 4) is 5.88 Å². The van der Waals surface area contributed by atoms with Crippen molar-refractivity contribution >= 4 is 11.9 Å². The van der Waals surface area contributed by atoms with Crippen LogP contribution in [0.15, 0.2) is 18.3 Å². The Bertz CT molecular complexity index is 515. The number of carbonyl (C=O) groups excluding carboxylic acids is 2. The van der Waals surface area contributed by atoms with Crippen molar-refractivity contribution in [2.75, 3.05) is 13.7 Å². The largest absolute Gasteiger partial charge is 0.481 e.